The van der Waals surface area contributed by atoms with Crippen LogP contribution in [0, 0.1) is 0 Å². The van der Waals surface area contributed by atoms with E-state index >= 15 is 0 Å². The van der Waals surface area contributed by atoms with Gasteiger partial charge in [-0.25, -0.2) is 0 Å². The summed E-state index contributed by atoms with van der Waals surface area (Å²) in [7, 11) is -1.23. The van der Waals surface area contributed by atoms with Gasteiger partial charge in [0, 0.05) is 5.56 Å². The Balaban J connectivity index is 2.57. The fourth-order valence-corrected chi connectivity index (χ4v) is 3.27. The highest BCUT2D eigenvalue weighted by atomic mass is 28.3. The minimum atomic E-state index is -1.23. The molecule has 0 fully saturated rings. The number of hydrogen-bond donors (Lipinski definition) is 0. The SMILES string of the molecule is C/C=C1\COc2ccccc2\C1=C/[Si](C)(C)C. The van der Waals surface area contributed by atoms with E-state index in [9.17, 15) is 0 Å². The number of rotatable bonds is 1. The molecule has 0 aliphatic carbocycles. The Bertz CT molecular complexity index is 478. The maximum Gasteiger partial charge on any atom is 0.127 e. The zero-order valence-electron chi connectivity index (χ0n) is 11.1. The van der Waals surface area contributed by atoms with Gasteiger partial charge in [-0.05, 0) is 24.1 Å². The molecule has 0 N–H and O–H groups in total. The van der Waals surface area contributed by atoms with Crippen molar-refractivity contribution in [3.8, 4) is 5.75 Å². The summed E-state index contributed by atoms with van der Waals surface area (Å²) in [6.07, 6.45) is 2.17. The third-order valence-corrected chi connectivity index (χ3v) is 3.99. The number of para-hydroxylation sites is 1. The summed E-state index contributed by atoms with van der Waals surface area (Å²) in [5.74, 6) is 1.02. The van der Waals surface area contributed by atoms with E-state index in [1.54, 1.807) is 0 Å². The molecule has 0 bridgehead atoms. The van der Waals surface area contributed by atoms with Gasteiger partial charge in [0.2, 0.25) is 0 Å². The molecule has 90 valence electrons. The zero-order valence-corrected chi connectivity index (χ0v) is 12.1. The van der Waals surface area contributed by atoms with E-state index in [1.165, 1.54) is 16.7 Å². The second-order valence-corrected chi connectivity index (χ2v) is 10.5. The van der Waals surface area contributed by atoms with Crippen molar-refractivity contribution in [1.29, 1.82) is 0 Å². The van der Waals surface area contributed by atoms with Gasteiger partial charge in [0.15, 0.2) is 0 Å². The van der Waals surface area contributed by atoms with Crippen LogP contribution in [0.15, 0.2) is 41.6 Å². The summed E-state index contributed by atoms with van der Waals surface area (Å²) in [5, 5.41) is 0. The lowest BCUT2D eigenvalue weighted by molar-refractivity contribution is 0.348. The smallest absolute Gasteiger partial charge is 0.127 e. The molecular formula is C15H20OSi. The zero-order chi connectivity index (χ0) is 12.5. The van der Waals surface area contributed by atoms with Gasteiger partial charge in [-0.3, -0.25) is 0 Å². The van der Waals surface area contributed by atoms with Crippen LogP contribution in [0.4, 0.5) is 0 Å². The van der Waals surface area contributed by atoms with E-state index in [0.717, 1.165) is 5.75 Å². The van der Waals surface area contributed by atoms with Gasteiger partial charge >= 0.3 is 0 Å². The standard InChI is InChI=1S/C15H20OSi/c1-5-12-10-16-15-9-7-6-8-13(15)14(12)11-17(2,3)4/h5-9,11H,10H2,1-4H3/b12-5+,14-11-. The molecule has 0 aromatic heterocycles. The molecule has 2 heteroatoms. The summed E-state index contributed by atoms with van der Waals surface area (Å²) in [5.41, 5.74) is 6.41. The minimum Gasteiger partial charge on any atom is -0.488 e. The highest BCUT2D eigenvalue weighted by Gasteiger charge is 2.21. The van der Waals surface area contributed by atoms with Gasteiger partial charge in [-0.15, -0.1) is 0 Å². The second-order valence-electron chi connectivity index (χ2n) is 5.52. The highest BCUT2D eigenvalue weighted by molar-refractivity contribution is 6.81. The molecule has 1 nitrogen and oxygen atoms in total. The van der Waals surface area contributed by atoms with Crippen molar-refractivity contribution >= 4 is 13.6 Å². The molecular weight excluding hydrogens is 224 g/mol. The summed E-state index contributed by atoms with van der Waals surface area (Å²) >= 11 is 0. The predicted octanol–water partition coefficient (Wildman–Crippen LogP) is 4.29. The van der Waals surface area contributed by atoms with E-state index in [2.05, 4.69) is 56.5 Å². The number of hydrogen-bond acceptors (Lipinski definition) is 1. The molecule has 0 saturated carbocycles. The molecule has 0 spiro atoms. The Labute approximate surface area is 105 Å². The van der Waals surface area contributed by atoms with Crippen molar-refractivity contribution in [1.82, 2.24) is 0 Å². The summed E-state index contributed by atoms with van der Waals surface area (Å²) in [6, 6.07) is 8.33. The molecule has 2 rings (SSSR count). The van der Waals surface area contributed by atoms with Crippen LogP contribution in [-0.4, -0.2) is 14.7 Å². The van der Waals surface area contributed by atoms with Crippen molar-refractivity contribution in [3.05, 3.63) is 47.2 Å². The third-order valence-electron chi connectivity index (χ3n) is 2.83. The van der Waals surface area contributed by atoms with Crippen LogP contribution in [0.3, 0.4) is 0 Å². The molecule has 0 radical (unpaired) electrons. The van der Waals surface area contributed by atoms with Gasteiger partial charge < -0.3 is 4.74 Å². The van der Waals surface area contributed by atoms with Gasteiger partial charge in [-0.1, -0.05) is 49.6 Å². The van der Waals surface area contributed by atoms with E-state index < -0.39 is 8.07 Å². The average Bonchev–Trinajstić information content (AvgIpc) is 2.28. The lowest BCUT2D eigenvalue weighted by atomic mass is 9.97. The molecule has 1 aliphatic heterocycles. The lowest BCUT2D eigenvalue weighted by Crippen LogP contribution is -2.20. The molecule has 1 aromatic rings. The number of allylic oxidation sites excluding steroid dienone is 1. The highest BCUT2D eigenvalue weighted by Crippen LogP contribution is 2.36. The first-order chi connectivity index (χ1) is 8.01. The van der Waals surface area contributed by atoms with Crippen LogP contribution < -0.4 is 4.74 Å². The maximum absolute atomic E-state index is 5.78. The van der Waals surface area contributed by atoms with Crippen LogP contribution in [0.1, 0.15) is 12.5 Å². The number of fused-ring (bicyclic) bond motifs is 1. The van der Waals surface area contributed by atoms with E-state index in [4.69, 9.17) is 4.74 Å². The monoisotopic (exact) mass is 244 g/mol. The average molecular weight is 244 g/mol. The van der Waals surface area contributed by atoms with Crippen molar-refractivity contribution < 1.29 is 4.74 Å². The van der Waals surface area contributed by atoms with Crippen molar-refractivity contribution in [2.24, 2.45) is 0 Å². The fourth-order valence-electron chi connectivity index (χ4n) is 2.06. The summed E-state index contributed by atoms with van der Waals surface area (Å²) < 4.78 is 5.78. The molecule has 1 aliphatic rings. The molecule has 0 unspecified atom stereocenters. The van der Waals surface area contributed by atoms with Gasteiger partial charge in [0.1, 0.15) is 12.4 Å². The van der Waals surface area contributed by atoms with Gasteiger partial charge in [0.05, 0.1) is 8.07 Å². The lowest BCUT2D eigenvalue weighted by Gasteiger charge is -2.25. The van der Waals surface area contributed by atoms with E-state index in [-0.39, 0.29) is 0 Å². The van der Waals surface area contributed by atoms with Crippen LogP contribution >= 0.6 is 0 Å². The van der Waals surface area contributed by atoms with Crippen LogP contribution in [0.25, 0.3) is 5.57 Å². The Morgan fingerprint density at radius 1 is 1.18 bits per heavy atom. The van der Waals surface area contributed by atoms with Crippen LogP contribution in [0.5, 0.6) is 5.75 Å². The molecule has 17 heavy (non-hydrogen) atoms. The Morgan fingerprint density at radius 3 is 2.53 bits per heavy atom. The molecule has 0 saturated heterocycles. The molecule has 0 amide bonds. The van der Waals surface area contributed by atoms with Gasteiger partial charge in [-0.2, -0.15) is 0 Å². The van der Waals surface area contributed by atoms with Gasteiger partial charge in [0.25, 0.3) is 0 Å². The van der Waals surface area contributed by atoms with Crippen molar-refractivity contribution in [3.63, 3.8) is 0 Å². The maximum atomic E-state index is 5.78. The van der Waals surface area contributed by atoms with Crippen molar-refractivity contribution in [2.45, 2.75) is 26.6 Å². The largest absolute Gasteiger partial charge is 0.488 e. The predicted molar refractivity (Wildman–Crippen MR) is 77.0 cm³/mol. The first-order valence-corrected chi connectivity index (χ1v) is 9.69. The first-order valence-electron chi connectivity index (χ1n) is 6.12. The Kier molecular flexibility index (Phi) is 3.25. The summed E-state index contributed by atoms with van der Waals surface area (Å²) in [6.45, 7) is 9.89. The second kappa shape index (κ2) is 4.53. The van der Waals surface area contributed by atoms with Crippen LogP contribution in [0.2, 0.25) is 19.6 Å². The summed E-state index contributed by atoms with van der Waals surface area (Å²) in [4.78, 5) is 0. The molecule has 0 atom stereocenters. The topological polar surface area (TPSA) is 9.23 Å². The Hall–Kier alpha value is -1.28. The fraction of sp³-hybridized carbons (Fsp3) is 0.333. The molecule has 1 heterocycles. The first kappa shape index (κ1) is 12.2. The Morgan fingerprint density at radius 2 is 1.88 bits per heavy atom. The van der Waals surface area contributed by atoms with Crippen LogP contribution in [-0.2, 0) is 0 Å². The number of ether oxygens (including phenoxy) is 1. The quantitative estimate of drug-likeness (QED) is 0.670. The van der Waals surface area contributed by atoms with E-state index in [0.29, 0.717) is 6.61 Å². The molecule has 1 aromatic carbocycles. The normalized spacial score (nSPS) is 20.2. The third kappa shape index (κ3) is 2.70. The number of benzene rings is 1. The minimum absolute atomic E-state index is 0.698. The van der Waals surface area contributed by atoms with Crippen molar-refractivity contribution in [2.75, 3.05) is 6.61 Å². The van der Waals surface area contributed by atoms with E-state index in [1.807, 2.05) is 6.07 Å².